The molecule has 2 aliphatic rings. The van der Waals surface area contributed by atoms with Crippen LogP contribution in [0.15, 0.2) is 12.7 Å². The highest BCUT2D eigenvalue weighted by Crippen LogP contribution is 2.36. The molecule has 0 aromatic carbocycles. The predicted molar refractivity (Wildman–Crippen MR) is 83.7 cm³/mol. The summed E-state index contributed by atoms with van der Waals surface area (Å²) in [5.74, 6) is -2.22. The van der Waals surface area contributed by atoms with Gasteiger partial charge in [0.1, 0.15) is 49.3 Å². The highest BCUT2D eigenvalue weighted by molar-refractivity contribution is 4.99. The van der Waals surface area contributed by atoms with Crippen molar-refractivity contribution in [1.29, 1.82) is 0 Å². The number of aliphatic hydroxyl groups excluding tert-OH is 8. The standard InChI is InChI=1S/C15H26O12/c1-2-8(18)24-5-15(13(23)10(20)7(4-17)26-15)27-14-12(22)11(21)9(19)6(3-16)25-14/h2,6-14,16-23H,1,3-5H2/t6-,7-,8?,9-,10-,11+,12-,13+,14-,15+/m1/s1. The van der Waals surface area contributed by atoms with Crippen LogP contribution in [-0.2, 0) is 18.9 Å². The van der Waals surface area contributed by atoms with Crippen LogP contribution in [0.25, 0.3) is 0 Å². The quantitative estimate of drug-likeness (QED) is 0.143. The lowest BCUT2D eigenvalue weighted by Gasteiger charge is -2.43. The first-order valence-corrected chi connectivity index (χ1v) is 8.26. The number of ether oxygens (including phenoxy) is 4. The van der Waals surface area contributed by atoms with E-state index in [0.29, 0.717) is 0 Å². The average molecular weight is 398 g/mol. The van der Waals surface area contributed by atoms with Gasteiger partial charge < -0.3 is 59.8 Å². The van der Waals surface area contributed by atoms with Crippen molar-refractivity contribution < 1.29 is 59.8 Å². The normalized spacial score (nSPS) is 46.4. The van der Waals surface area contributed by atoms with E-state index in [1.807, 2.05) is 0 Å². The topological polar surface area (TPSA) is 199 Å². The number of hydrogen-bond acceptors (Lipinski definition) is 12. The van der Waals surface area contributed by atoms with Crippen LogP contribution in [0.3, 0.4) is 0 Å². The fraction of sp³-hybridized carbons (Fsp3) is 0.867. The van der Waals surface area contributed by atoms with Crippen LogP contribution in [0.4, 0.5) is 0 Å². The van der Waals surface area contributed by atoms with Gasteiger partial charge in [-0.05, 0) is 6.08 Å². The summed E-state index contributed by atoms with van der Waals surface area (Å²) in [5, 5.41) is 78.1. The van der Waals surface area contributed by atoms with Crippen molar-refractivity contribution in [2.24, 2.45) is 0 Å². The molecule has 0 saturated carbocycles. The highest BCUT2D eigenvalue weighted by Gasteiger charge is 2.58. The Morgan fingerprint density at radius 3 is 2.11 bits per heavy atom. The van der Waals surface area contributed by atoms with E-state index in [4.69, 9.17) is 18.9 Å². The molecule has 0 aliphatic carbocycles. The Kier molecular flexibility index (Phi) is 7.66. The average Bonchev–Trinajstić information content (AvgIpc) is 2.91. The van der Waals surface area contributed by atoms with Gasteiger partial charge in [-0.15, -0.1) is 0 Å². The SMILES string of the molecule is C=CC(O)OC[C@@]1(O[C@H]2O[C@H](CO)[C@@H](O)[C@H](O)[C@H]2O)O[C@H](CO)[C@@H](O)[C@@H]1O. The summed E-state index contributed by atoms with van der Waals surface area (Å²) in [5.41, 5.74) is 0. The molecule has 0 aromatic heterocycles. The summed E-state index contributed by atoms with van der Waals surface area (Å²) >= 11 is 0. The molecule has 12 heteroatoms. The maximum absolute atomic E-state index is 10.4. The summed E-state index contributed by atoms with van der Waals surface area (Å²) < 4.78 is 21.0. The van der Waals surface area contributed by atoms with E-state index in [0.717, 1.165) is 6.08 Å². The zero-order valence-electron chi connectivity index (χ0n) is 14.3. The monoisotopic (exact) mass is 398 g/mol. The molecule has 0 spiro atoms. The van der Waals surface area contributed by atoms with Gasteiger partial charge in [-0.25, -0.2) is 0 Å². The third-order valence-corrected chi connectivity index (χ3v) is 4.51. The fourth-order valence-corrected chi connectivity index (χ4v) is 2.89. The Morgan fingerprint density at radius 2 is 1.59 bits per heavy atom. The third-order valence-electron chi connectivity index (χ3n) is 4.51. The minimum atomic E-state index is -2.22. The summed E-state index contributed by atoms with van der Waals surface area (Å²) in [6.07, 6.45) is -13.4. The Balaban J connectivity index is 2.24. The molecule has 0 radical (unpaired) electrons. The van der Waals surface area contributed by atoms with Crippen molar-refractivity contribution >= 4 is 0 Å². The van der Waals surface area contributed by atoms with Crippen molar-refractivity contribution in [2.45, 2.75) is 61.1 Å². The molecule has 158 valence electrons. The Bertz CT molecular complexity index is 489. The van der Waals surface area contributed by atoms with Gasteiger partial charge in [0.05, 0.1) is 13.2 Å². The lowest BCUT2D eigenvalue weighted by Crippen LogP contribution is -2.63. The second kappa shape index (κ2) is 9.17. The van der Waals surface area contributed by atoms with Gasteiger partial charge in [0.2, 0.25) is 5.79 Å². The smallest absolute Gasteiger partial charge is 0.224 e. The predicted octanol–water partition coefficient (Wildman–Crippen LogP) is -4.87. The maximum Gasteiger partial charge on any atom is 0.224 e. The van der Waals surface area contributed by atoms with Gasteiger partial charge in [0, 0.05) is 0 Å². The Labute approximate surface area is 154 Å². The molecule has 0 amide bonds. The molecule has 0 aromatic rings. The number of hydrogen-bond donors (Lipinski definition) is 8. The van der Waals surface area contributed by atoms with E-state index in [1.165, 1.54) is 0 Å². The second-order valence-corrected chi connectivity index (χ2v) is 6.34. The van der Waals surface area contributed by atoms with Crippen molar-refractivity contribution in [2.75, 3.05) is 19.8 Å². The Hall–Kier alpha value is -0.740. The van der Waals surface area contributed by atoms with E-state index in [2.05, 4.69) is 6.58 Å². The zero-order valence-corrected chi connectivity index (χ0v) is 14.3. The first kappa shape index (κ1) is 22.5. The largest absolute Gasteiger partial charge is 0.394 e. The van der Waals surface area contributed by atoms with Gasteiger partial charge in [0.25, 0.3) is 0 Å². The lowest BCUT2D eigenvalue weighted by atomic mass is 9.99. The third kappa shape index (κ3) is 4.48. The van der Waals surface area contributed by atoms with Crippen LogP contribution in [0, 0.1) is 0 Å². The van der Waals surface area contributed by atoms with Crippen LogP contribution in [0.1, 0.15) is 0 Å². The maximum atomic E-state index is 10.4. The van der Waals surface area contributed by atoms with Crippen LogP contribution >= 0.6 is 0 Å². The van der Waals surface area contributed by atoms with Crippen LogP contribution in [0.5, 0.6) is 0 Å². The first-order chi connectivity index (χ1) is 12.7. The second-order valence-electron chi connectivity index (χ2n) is 6.34. The molecular weight excluding hydrogens is 372 g/mol. The molecule has 10 atom stereocenters. The molecule has 2 saturated heterocycles. The molecule has 0 bridgehead atoms. The van der Waals surface area contributed by atoms with E-state index in [9.17, 15) is 40.9 Å². The van der Waals surface area contributed by atoms with Crippen LogP contribution < -0.4 is 0 Å². The highest BCUT2D eigenvalue weighted by atomic mass is 16.8. The van der Waals surface area contributed by atoms with Gasteiger partial charge in [-0.3, -0.25) is 0 Å². The Morgan fingerprint density at radius 1 is 0.963 bits per heavy atom. The summed E-state index contributed by atoms with van der Waals surface area (Å²) in [7, 11) is 0. The molecule has 1 unspecified atom stereocenters. The fourth-order valence-electron chi connectivity index (χ4n) is 2.89. The summed E-state index contributed by atoms with van der Waals surface area (Å²) in [6, 6.07) is 0. The number of aliphatic hydroxyl groups is 8. The van der Waals surface area contributed by atoms with Crippen molar-refractivity contribution in [1.82, 2.24) is 0 Å². The van der Waals surface area contributed by atoms with E-state index in [1.54, 1.807) is 0 Å². The molecule has 2 rings (SSSR count). The van der Waals surface area contributed by atoms with Crippen LogP contribution in [-0.4, -0.2) is 122 Å². The van der Waals surface area contributed by atoms with Gasteiger partial charge in [0.15, 0.2) is 12.6 Å². The minimum Gasteiger partial charge on any atom is -0.394 e. The van der Waals surface area contributed by atoms with E-state index in [-0.39, 0.29) is 0 Å². The van der Waals surface area contributed by atoms with Crippen molar-refractivity contribution in [3.63, 3.8) is 0 Å². The lowest BCUT2D eigenvalue weighted by molar-refractivity contribution is -0.388. The van der Waals surface area contributed by atoms with E-state index >= 15 is 0 Å². The van der Waals surface area contributed by atoms with Gasteiger partial charge >= 0.3 is 0 Å². The number of rotatable bonds is 8. The molecule has 2 heterocycles. The minimum absolute atomic E-state index is 0.691. The molecular formula is C15H26O12. The van der Waals surface area contributed by atoms with Gasteiger partial charge in [-0.2, -0.15) is 0 Å². The first-order valence-electron chi connectivity index (χ1n) is 8.26. The molecule has 27 heavy (non-hydrogen) atoms. The van der Waals surface area contributed by atoms with Crippen molar-refractivity contribution in [3.05, 3.63) is 12.7 Å². The van der Waals surface area contributed by atoms with Crippen molar-refractivity contribution in [3.8, 4) is 0 Å². The zero-order chi connectivity index (χ0) is 20.4. The molecule has 12 nitrogen and oxygen atoms in total. The molecule has 8 N–H and O–H groups in total. The molecule has 2 aliphatic heterocycles. The van der Waals surface area contributed by atoms with Gasteiger partial charge in [-0.1, -0.05) is 6.58 Å². The van der Waals surface area contributed by atoms with E-state index < -0.39 is 80.9 Å². The summed E-state index contributed by atoms with van der Waals surface area (Å²) in [4.78, 5) is 0. The van der Waals surface area contributed by atoms with Crippen LogP contribution in [0.2, 0.25) is 0 Å². The summed E-state index contributed by atoms with van der Waals surface area (Å²) in [6.45, 7) is 1.20. The molecule has 2 fully saturated rings.